The van der Waals surface area contributed by atoms with Crippen LogP contribution in [0.2, 0.25) is 5.02 Å². The van der Waals surface area contributed by atoms with Crippen LogP contribution in [-0.4, -0.2) is 44.7 Å². The van der Waals surface area contributed by atoms with Crippen molar-refractivity contribution in [2.75, 3.05) is 13.1 Å². The van der Waals surface area contributed by atoms with Crippen molar-refractivity contribution < 1.29 is 4.79 Å². The lowest BCUT2D eigenvalue weighted by molar-refractivity contribution is -0.125. The first-order valence-electron chi connectivity index (χ1n) is 8.26. The van der Waals surface area contributed by atoms with E-state index in [0.717, 1.165) is 43.1 Å². The molecule has 2 aromatic rings. The zero-order valence-corrected chi connectivity index (χ0v) is 14.8. The predicted octanol–water partition coefficient (Wildman–Crippen LogP) is 2.24. The summed E-state index contributed by atoms with van der Waals surface area (Å²) in [7, 11) is 1.96. The molecule has 1 aliphatic rings. The zero-order valence-electron chi connectivity index (χ0n) is 14.0. The van der Waals surface area contributed by atoms with Crippen molar-refractivity contribution in [3.63, 3.8) is 0 Å². The first kappa shape index (κ1) is 16.9. The van der Waals surface area contributed by atoms with Gasteiger partial charge in [0.05, 0.1) is 12.6 Å². The van der Waals surface area contributed by atoms with Crippen molar-refractivity contribution in [3.05, 3.63) is 35.1 Å². The second kappa shape index (κ2) is 7.32. The normalized spacial score (nSPS) is 19.1. The average molecular weight is 348 g/mol. The third-order valence-corrected chi connectivity index (χ3v) is 4.72. The molecule has 3 rings (SSSR count). The number of halogens is 1. The summed E-state index contributed by atoms with van der Waals surface area (Å²) in [4.78, 5) is 14.4. The molecule has 7 heteroatoms. The van der Waals surface area contributed by atoms with E-state index in [1.807, 2.05) is 42.8 Å². The van der Waals surface area contributed by atoms with Crippen LogP contribution in [0.25, 0.3) is 11.4 Å². The average Bonchev–Trinajstić information content (AvgIpc) is 2.83. The van der Waals surface area contributed by atoms with E-state index in [-0.39, 0.29) is 11.9 Å². The molecular weight excluding hydrogens is 326 g/mol. The van der Waals surface area contributed by atoms with Crippen molar-refractivity contribution in [1.82, 2.24) is 25.0 Å². The summed E-state index contributed by atoms with van der Waals surface area (Å²) >= 11 is 5.95. The van der Waals surface area contributed by atoms with Gasteiger partial charge in [0.15, 0.2) is 5.82 Å². The quantitative estimate of drug-likeness (QED) is 0.921. The minimum absolute atomic E-state index is 0.107. The SMILES string of the molecule is CC[C@@H]1C(=O)NCCCN1Cc1nnc(-c2ccc(Cl)cc2)n1C. The van der Waals surface area contributed by atoms with Gasteiger partial charge in [-0.05, 0) is 37.1 Å². The van der Waals surface area contributed by atoms with Crippen LogP contribution in [0.1, 0.15) is 25.6 Å². The molecule has 1 aromatic heterocycles. The van der Waals surface area contributed by atoms with Gasteiger partial charge in [-0.2, -0.15) is 0 Å². The van der Waals surface area contributed by atoms with Gasteiger partial charge in [0, 0.05) is 30.7 Å². The van der Waals surface area contributed by atoms with Crippen molar-refractivity contribution in [2.45, 2.75) is 32.4 Å². The Hall–Kier alpha value is -1.92. The van der Waals surface area contributed by atoms with Crippen molar-refractivity contribution in [2.24, 2.45) is 7.05 Å². The van der Waals surface area contributed by atoms with Gasteiger partial charge in [-0.15, -0.1) is 10.2 Å². The molecular formula is C17H22ClN5O. The number of benzene rings is 1. The molecule has 1 saturated heterocycles. The third kappa shape index (κ3) is 3.44. The maximum atomic E-state index is 12.2. The van der Waals surface area contributed by atoms with Crippen LogP contribution < -0.4 is 5.32 Å². The van der Waals surface area contributed by atoms with Crippen LogP contribution >= 0.6 is 11.6 Å². The van der Waals surface area contributed by atoms with Crippen LogP contribution in [-0.2, 0) is 18.4 Å². The number of hydrogen-bond donors (Lipinski definition) is 1. The summed E-state index contributed by atoms with van der Waals surface area (Å²) < 4.78 is 1.98. The number of carbonyl (C=O) groups is 1. The number of carbonyl (C=O) groups excluding carboxylic acids is 1. The Morgan fingerprint density at radius 1 is 1.29 bits per heavy atom. The molecule has 1 aromatic carbocycles. The summed E-state index contributed by atoms with van der Waals surface area (Å²) in [5.41, 5.74) is 0.973. The van der Waals surface area contributed by atoms with Gasteiger partial charge in [-0.3, -0.25) is 9.69 Å². The monoisotopic (exact) mass is 347 g/mol. The summed E-state index contributed by atoms with van der Waals surface area (Å²) in [6, 6.07) is 7.45. The van der Waals surface area contributed by atoms with E-state index >= 15 is 0 Å². The van der Waals surface area contributed by atoms with Gasteiger partial charge in [0.2, 0.25) is 5.91 Å². The molecule has 0 spiro atoms. The van der Waals surface area contributed by atoms with Gasteiger partial charge < -0.3 is 9.88 Å². The van der Waals surface area contributed by atoms with Crippen LogP contribution in [0, 0.1) is 0 Å². The van der Waals surface area contributed by atoms with E-state index < -0.39 is 0 Å². The fourth-order valence-corrected chi connectivity index (χ4v) is 3.22. The topological polar surface area (TPSA) is 63.1 Å². The molecule has 1 aliphatic heterocycles. The zero-order chi connectivity index (χ0) is 17.1. The molecule has 0 bridgehead atoms. The lowest BCUT2D eigenvalue weighted by Gasteiger charge is -2.26. The number of amides is 1. The van der Waals surface area contributed by atoms with Crippen LogP contribution in [0.15, 0.2) is 24.3 Å². The molecule has 1 amide bonds. The van der Waals surface area contributed by atoms with Crippen LogP contribution in [0.4, 0.5) is 0 Å². The first-order valence-corrected chi connectivity index (χ1v) is 8.64. The minimum Gasteiger partial charge on any atom is -0.355 e. The molecule has 0 aliphatic carbocycles. The smallest absolute Gasteiger partial charge is 0.237 e. The van der Waals surface area contributed by atoms with Crippen LogP contribution in [0.5, 0.6) is 0 Å². The van der Waals surface area contributed by atoms with Crippen molar-refractivity contribution in [1.29, 1.82) is 0 Å². The second-order valence-corrected chi connectivity index (χ2v) is 6.48. The molecule has 128 valence electrons. The highest BCUT2D eigenvalue weighted by Gasteiger charge is 2.27. The first-order chi connectivity index (χ1) is 11.6. The number of aromatic nitrogens is 3. The van der Waals surface area contributed by atoms with Gasteiger partial charge in [0.1, 0.15) is 5.82 Å². The second-order valence-electron chi connectivity index (χ2n) is 6.04. The van der Waals surface area contributed by atoms with E-state index in [0.29, 0.717) is 11.6 Å². The van der Waals surface area contributed by atoms with E-state index in [2.05, 4.69) is 20.4 Å². The Labute approximate surface area is 146 Å². The summed E-state index contributed by atoms with van der Waals surface area (Å²) in [5.74, 6) is 1.76. The van der Waals surface area contributed by atoms with E-state index in [9.17, 15) is 4.79 Å². The molecule has 0 radical (unpaired) electrons. The maximum absolute atomic E-state index is 12.2. The lowest BCUT2D eigenvalue weighted by atomic mass is 10.1. The van der Waals surface area contributed by atoms with E-state index in [1.165, 1.54) is 0 Å². The standard InChI is InChI=1S/C17H22ClN5O/c1-3-14-17(24)19-9-4-10-23(14)11-15-20-21-16(22(15)2)12-5-7-13(18)8-6-12/h5-8,14H,3-4,9-11H2,1-2H3,(H,19,24)/t14-/m1/s1. The number of nitrogens with zero attached hydrogens (tertiary/aromatic N) is 4. The summed E-state index contributed by atoms with van der Waals surface area (Å²) in [5, 5.41) is 12.3. The van der Waals surface area contributed by atoms with Gasteiger partial charge in [-0.25, -0.2) is 0 Å². The number of hydrogen-bond acceptors (Lipinski definition) is 4. The van der Waals surface area contributed by atoms with Gasteiger partial charge >= 0.3 is 0 Å². The van der Waals surface area contributed by atoms with Crippen molar-refractivity contribution >= 4 is 17.5 Å². The molecule has 1 N–H and O–H groups in total. The molecule has 24 heavy (non-hydrogen) atoms. The molecule has 1 atom stereocenters. The Morgan fingerprint density at radius 2 is 2.04 bits per heavy atom. The van der Waals surface area contributed by atoms with Gasteiger partial charge in [0.25, 0.3) is 0 Å². The molecule has 0 saturated carbocycles. The predicted molar refractivity (Wildman–Crippen MR) is 93.6 cm³/mol. The minimum atomic E-state index is -0.108. The molecule has 1 fully saturated rings. The molecule has 2 heterocycles. The highest BCUT2D eigenvalue weighted by Crippen LogP contribution is 2.21. The molecule has 6 nitrogen and oxygen atoms in total. The van der Waals surface area contributed by atoms with E-state index in [1.54, 1.807) is 0 Å². The number of nitrogens with one attached hydrogen (secondary N) is 1. The maximum Gasteiger partial charge on any atom is 0.237 e. The Bertz CT molecular complexity index is 712. The van der Waals surface area contributed by atoms with E-state index in [4.69, 9.17) is 11.6 Å². The summed E-state index contributed by atoms with van der Waals surface area (Å²) in [6.45, 7) is 4.27. The Kier molecular flexibility index (Phi) is 5.16. The highest BCUT2D eigenvalue weighted by atomic mass is 35.5. The highest BCUT2D eigenvalue weighted by molar-refractivity contribution is 6.30. The lowest BCUT2D eigenvalue weighted by Crippen LogP contribution is -2.43. The number of rotatable bonds is 4. The third-order valence-electron chi connectivity index (χ3n) is 4.46. The fourth-order valence-electron chi connectivity index (χ4n) is 3.10. The summed E-state index contributed by atoms with van der Waals surface area (Å²) in [6.07, 6.45) is 1.73. The largest absolute Gasteiger partial charge is 0.355 e. The Balaban J connectivity index is 1.82. The van der Waals surface area contributed by atoms with Crippen LogP contribution in [0.3, 0.4) is 0 Å². The Morgan fingerprint density at radius 3 is 2.75 bits per heavy atom. The molecule has 0 unspecified atom stereocenters. The van der Waals surface area contributed by atoms with Crippen molar-refractivity contribution in [3.8, 4) is 11.4 Å². The van der Waals surface area contributed by atoms with Gasteiger partial charge in [-0.1, -0.05) is 18.5 Å². The fraction of sp³-hybridized carbons (Fsp3) is 0.471.